The van der Waals surface area contributed by atoms with Crippen LogP contribution in [0.15, 0.2) is 24.4 Å². The van der Waals surface area contributed by atoms with Crippen molar-refractivity contribution in [1.82, 2.24) is 13.6 Å². The van der Waals surface area contributed by atoms with Crippen LogP contribution in [-0.4, -0.2) is 23.0 Å². The number of benzene rings is 1. The normalized spacial score (nSPS) is 12.2. The summed E-state index contributed by atoms with van der Waals surface area (Å²) in [5.74, 6) is 1.22. The van der Waals surface area contributed by atoms with Crippen molar-refractivity contribution in [2.24, 2.45) is 5.92 Å². The Morgan fingerprint density at radius 2 is 1.91 bits per heavy atom. The molecule has 1 N–H and O–H groups in total. The van der Waals surface area contributed by atoms with Crippen molar-refractivity contribution < 1.29 is 0 Å². The van der Waals surface area contributed by atoms with Crippen LogP contribution in [0, 0.1) is 5.92 Å². The highest BCUT2D eigenvalue weighted by atomic mass is 32.2. The van der Waals surface area contributed by atoms with Crippen molar-refractivity contribution in [3.8, 4) is 0 Å². The van der Waals surface area contributed by atoms with E-state index in [-0.39, 0.29) is 0 Å². The quantitative estimate of drug-likeness (QED) is 0.751. The molecule has 3 nitrogen and oxygen atoms in total. The third-order valence-electron chi connectivity index (χ3n) is 3.73. The molecule has 0 aliphatic rings. The molecule has 1 heterocycles. The SMILES string of the molecule is CC(C)Cn1cc(CNSN(C)C)c2ccc(C(C)C)cc21. The first-order chi connectivity index (χ1) is 10.4. The van der Waals surface area contributed by atoms with Crippen LogP contribution in [0.2, 0.25) is 0 Å². The molecule has 0 saturated heterocycles. The second-order valence-corrected chi connectivity index (χ2v) is 8.06. The molecule has 2 aromatic rings. The Morgan fingerprint density at radius 3 is 2.50 bits per heavy atom. The molecule has 122 valence electrons. The standard InChI is InChI=1S/C18H29N3S/c1-13(2)11-21-12-16(10-19-22-20(5)6)17-8-7-15(14(3)4)9-18(17)21/h7-9,12-14,19H,10-11H2,1-6H3. The van der Waals surface area contributed by atoms with Crippen LogP contribution in [0.25, 0.3) is 10.9 Å². The van der Waals surface area contributed by atoms with Gasteiger partial charge in [-0.05, 0) is 43.1 Å². The molecule has 0 bridgehead atoms. The molecule has 0 atom stereocenters. The minimum absolute atomic E-state index is 0.567. The Morgan fingerprint density at radius 1 is 1.18 bits per heavy atom. The molecule has 4 heteroatoms. The molecule has 0 spiro atoms. The minimum Gasteiger partial charge on any atom is -0.347 e. The highest BCUT2D eigenvalue weighted by Crippen LogP contribution is 2.27. The van der Waals surface area contributed by atoms with Gasteiger partial charge in [-0.15, -0.1) is 0 Å². The summed E-state index contributed by atoms with van der Waals surface area (Å²) in [6.45, 7) is 11.0. The minimum atomic E-state index is 0.567. The third kappa shape index (κ3) is 4.28. The lowest BCUT2D eigenvalue weighted by atomic mass is 10.0. The molecule has 22 heavy (non-hydrogen) atoms. The fourth-order valence-corrected chi connectivity index (χ4v) is 3.15. The maximum atomic E-state index is 3.43. The third-order valence-corrected chi connectivity index (χ3v) is 4.37. The monoisotopic (exact) mass is 319 g/mol. The van der Waals surface area contributed by atoms with Gasteiger partial charge in [-0.2, -0.15) is 0 Å². The van der Waals surface area contributed by atoms with Gasteiger partial charge in [0.1, 0.15) is 0 Å². The molecular weight excluding hydrogens is 290 g/mol. The van der Waals surface area contributed by atoms with E-state index in [9.17, 15) is 0 Å². The van der Waals surface area contributed by atoms with Gasteiger partial charge in [-0.25, -0.2) is 9.03 Å². The summed E-state index contributed by atoms with van der Waals surface area (Å²) in [6.07, 6.45) is 2.32. The van der Waals surface area contributed by atoms with Crippen LogP contribution in [0.4, 0.5) is 0 Å². The second-order valence-electron chi connectivity index (χ2n) is 6.86. The van der Waals surface area contributed by atoms with Gasteiger partial charge >= 0.3 is 0 Å². The summed E-state index contributed by atoms with van der Waals surface area (Å²) in [5.41, 5.74) is 4.16. The molecule has 0 aliphatic carbocycles. The van der Waals surface area contributed by atoms with Crippen molar-refractivity contribution in [2.45, 2.75) is 46.7 Å². The molecule has 0 saturated carbocycles. The van der Waals surface area contributed by atoms with E-state index >= 15 is 0 Å². The zero-order valence-corrected chi connectivity index (χ0v) is 15.5. The predicted octanol–water partition coefficient (Wildman–Crippen LogP) is 4.64. The van der Waals surface area contributed by atoms with Crippen LogP contribution in [-0.2, 0) is 13.1 Å². The van der Waals surface area contributed by atoms with E-state index in [1.165, 1.54) is 22.0 Å². The second kappa shape index (κ2) is 7.53. The largest absolute Gasteiger partial charge is 0.347 e. The predicted molar refractivity (Wildman–Crippen MR) is 99.0 cm³/mol. The first-order valence-corrected chi connectivity index (χ1v) is 8.84. The summed E-state index contributed by atoms with van der Waals surface area (Å²) < 4.78 is 7.92. The van der Waals surface area contributed by atoms with Crippen LogP contribution in [0.1, 0.15) is 44.7 Å². The average Bonchev–Trinajstić information content (AvgIpc) is 2.75. The molecular formula is C18H29N3S. The van der Waals surface area contributed by atoms with Gasteiger partial charge in [0.2, 0.25) is 0 Å². The van der Waals surface area contributed by atoms with Crippen molar-refractivity contribution in [1.29, 1.82) is 0 Å². The fraction of sp³-hybridized carbons (Fsp3) is 0.556. The van der Waals surface area contributed by atoms with E-state index in [4.69, 9.17) is 0 Å². The summed E-state index contributed by atoms with van der Waals surface area (Å²) in [4.78, 5) is 0. The summed E-state index contributed by atoms with van der Waals surface area (Å²) in [7, 11) is 4.10. The molecule has 0 unspecified atom stereocenters. The first-order valence-electron chi connectivity index (χ1n) is 8.07. The van der Waals surface area contributed by atoms with Crippen LogP contribution in [0.3, 0.4) is 0 Å². The molecule has 0 aliphatic heterocycles. The Bertz CT molecular complexity index is 614. The summed E-state index contributed by atoms with van der Waals surface area (Å²) in [6, 6.07) is 6.93. The van der Waals surface area contributed by atoms with Gasteiger partial charge in [0.15, 0.2) is 0 Å². The number of hydrogen-bond acceptors (Lipinski definition) is 3. The number of hydrogen-bond donors (Lipinski definition) is 1. The van der Waals surface area contributed by atoms with Crippen molar-refractivity contribution >= 4 is 23.0 Å². The van der Waals surface area contributed by atoms with Crippen molar-refractivity contribution in [3.05, 3.63) is 35.5 Å². The zero-order valence-electron chi connectivity index (χ0n) is 14.7. The van der Waals surface area contributed by atoms with Gasteiger partial charge in [0.05, 0.1) is 0 Å². The van der Waals surface area contributed by atoms with Gasteiger partial charge < -0.3 is 4.57 Å². The van der Waals surface area contributed by atoms with Gasteiger partial charge in [0, 0.05) is 42.3 Å². The molecule has 1 aromatic carbocycles. The van der Waals surface area contributed by atoms with Gasteiger partial charge in [-0.3, -0.25) is 0 Å². The molecule has 1 aromatic heterocycles. The number of aromatic nitrogens is 1. The van der Waals surface area contributed by atoms with Gasteiger partial charge in [-0.1, -0.05) is 39.8 Å². The lowest BCUT2D eigenvalue weighted by Crippen LogP contribution is -2.12. The van der Waals surface area contributed by atoms with E-state index in [0.29, 0.717) is 11.8 Å². The summed E-state index contributed by atoms with van der Waals surface area (Å²) >= 11 is 1.64. The van der Waals surface area contributed by atoms with Crippen LogP contribution < -0.4 is 4.72 Å². The topological polar surface area (TPSA) is 20.2 Å². The van der Waals surface area contributed by atoms with Crippen LogP contribution >= 0.6 is 12.1 Å². The maximum absolute atomic E-state index is 3.43. The summed E-state index contributed by atoms with van der Waals surface area (Å²) in [5, 5.41) is 1.37. The van der Waals surface area contributed by atoms with E-state index in [0.717, 1.165) is 13.1 Å². The smallest absolute Gasteiger partial charge is 0.0486 e. The molecule has 2 rings (SSSR count). The molecule has 0 radical (unpaired) electrons. The number of nitrogens with zero attached hydrogens (tertiary/aromatic N) is 2. The Labute approximate surface area is 139 Å². The zero-order chi connectivity index (χ0) is 16.3. The lowest BCUT2D eigenvalue weighted by molar-refractivity contribution is 0.534. The Balaban J connectivity index is 2.35. The lowest BCUT2D eigenvalue weighted by Gasteiger charge is -2.10. The number of rotatable bonds is 7. The average molecular weight is 320 g/mol. The van der Waals surface area contributed by atoms with Crippen molar-refractivity contribution in [2.75, 3.05) is 14.1 Å². The van der Waals surface area contributed by atoms with Crippen LogP contribution in [0.5, 0.6) is 0 Å². The first kappa shape index (κ1) is 17.4. The van der Waals surface area contributed by atoms with E-state index in [2.05, 4.69) is 79.8 Å². The van der Waals surface area contributed by atoms with Crippen molar-refractivity contribution in [3.63, 3.8) is 0 Å². The Kier molecular flexibility index (Phi) is 5.95. The Hall–Kier alpha value is -0.970. The molecule has 0 amide bonds. The highest BCUT2D eigenvalue weighted by Gasteiger charge is 2.11. The highest BCUT2D eigenvalue weighted by molar-refractivity contribution is 7.95. The van der Waals surface area contributed by atoms with E-state index in [1.54, 1.807) is 12.1 Å². The fourth-order valence-electron chi connectivity index (χ4n) is 2.67. The molecule has 0 fully saturated rings. The maximum Gasteiger partial charge on any atom is 0.0486 e. The van der Waals surface area contributed by atoms with E-state index in [1.807, 2.05) is 0 Å². The number of nitrogens with one attached hydrogen (secondary N) is 1. The van der Waals surface area contributed by atoms with E-state index < -0.39 is 0 Å². The van der Waals surface area contributed by atoms with Gasteiger partial charge in [0.25, 0.3) is 0 Å². The number of fused-ring (bicyclic) bond motifs is 1.